The van der Waals surface area contributed by atoms with Crippen LogP contribution in [-0.2, 0) is 19.4 Å². The third kappa shape index (κ3) is 4.90. The summed E-state index contributed by atoms with van der Waals surface area (Å²) in [5.74, 6) is 1.50. The van der Waals surface area contributed by atoms with Gasteiger partial charge in [-0.15, -0.1) is 6.58 Å². The number of hydrogen-bond acceptors (Lipinski definition) is 3. The van der Waals surface area contributed by atoms with Gasteiger partial charge in [-0.25, -0.2) is 0 Å². The number of anilines is 1. The highest BCUT2D eigenvalue weighted by Gasteiger charge is 2.12. The van der Waals surface area contributed by atoms with Crippen LogP contribution in [0, 0.1) is 0 Å². The molecule has 0 aliphatic rings. The molecule has 0 radical (unpaired) electrons. The molecule has 0 saturated carbocycles. The Kier molecular flexibility index (Phi) is 7.15. The lowest BCUT2D eigenvalue weighted by atomic mass is 10.0. The molecular formula is C22H27NO2. The van der Waals surface area contributed by atoms with Crippen LogP contribution >= 0.6 is 0 Å². The highest BCUT2D eigenvalue weighted by atomic mass is 16.5. The molecule has 2 aromatic rings. The van der Waals surface area contributed by atoms with E-state index in [0.29, 0.717) is 6.61 Å². The average Bonchev–Trinajstić information content (AvgIpc) is 2.65. The quantitative estimate of drug-likeness (QED) is 0.607. The molecule has 2 rings (SSSR count). The molecule has 0 amide bonds. The molecule has 0 spiro atoms. The van der Waals surface area contributed by atoms with Crippen LogP contribution in [0.25, 0.3) is 0 Å². The molecule has 0 aliphatic carbocycles. The molecule has 3 nitrogen and oxygen atoms in total. The first-order chi connectivity index (χ1) is 12.2. The topological polar surface area (TPSA) is 30.5 Å². The standard InChI is InChI=1S/C22H27NO2/c1-5-10-19-14-17(15-21(24-4)22(19)25-13-6-2)16-23-20-12-9-8-11-18(20)7-3/h5-6,8-9,11-12,14-15,23H,1-2,7,10,13,16H2,3-4H3. The second-order valence-corrected chi connectivity index (χ2v) is 5.74. The molecule has 0 heterocycles. The molecule has 0 bridgehead atoms. The van der Waals surface area contributed by atoms with Crippen LogP contribution in [0.4, 0.5) is 5.69 Å². The fourth-order valence-electron chi connectivity index (χ4n) is 2.79. The first-order valence-electron chi connectivity index (χ1n) is 8.59. The second-order valence-electron chi connectivity index (χ2n) is 5.74. The van der Waals surface area contributed by atoms with E-state index in [2.05, 4.69) is 55.7 Å². The van der Waals surface area contributed by atoms with Crippen molar-refractivity contribution in [3.63, 3.8) is 0 Å². The number of para-hydroxylation sites is 1. The van der Waals surface area contributed by atoms with Gasteiger partial charge in [0.05, 0.1) is 7.11 Å². The molecule has 25 heavy (non-hydrogen) atoms. The van der Waals surface area contributed by atoms with E-state index in [4.69, 9.17) is 9.47 Å². The third-order valence-corrected chi connectivity index (χ3v) is 4.00. The van der Waals surface area contributed by atoms with Crippen LogP contribution in [-0.4, -0.2) is 13.7 Å². The number of methoxy groups -OCH3 is 1. The van der Waals surface area contributed by atoms with Crippen LogP contribution in [0.1, 0.15) is 23.6 Å². The number of nitrogens with one attached hydrogen (secondary N) is 1. The van der Waals surface area contributed by atoms with E-state index in [1.165, 1.54) is 11.3 Å². The zero-order valence-electron chi connectivity index (χ0n) is 15.2. The Hall–Kier alpha value is -2.68. The lowest BCUT2D eigenvalue weighted by Crippen LogP contribution is -2.05. The zero-order chi connectivity index (χ0) is 18.1. The molecule has 3 heteroatoms. The van der Waals surface area contributed by atoms with Crippen LogP contribution in [0.3, 0.4) is 0 Å². The van der Waals surface area contributed by atoms with E-state index in [0.717, 1.165) is 42.0 Å². The smallest absolute Gasteiger partial charge is 0.165 e. The van der Waals surface area contributed by atoms with E-state index in [9.17, 15) is 0 Å². The summed E-state index contributed by atoms with van der Waals surface area (Å²) in [5, 5.41) is 3.53. The largest absolute Gasteiger partial charge is 0.493 e. The molecule has 0 saturated heterocycles. The Bertz CT molecular complexity index is 722. The van der Waals surface area contributed by atoms with Gasteiger partial charge >= 0.3 is 0 Å². The van der Waals surface area contributed by atoms with Gasteiger partial charge in [0.15, 0.2) is 11.5 Å². The highest BCUT2D eigenvalue weighted by Crippen LogP contribution is 2.34. The number of hydrogen-bond donors (Lipinski definition) is 1. The molecule has 2 aromatic carbocycles. The summed E-state index contributed by atoms with van der Waals surface area (Å²) in [6, 6.07) is 12.6. The van der Waals surface area contributed by atoms with Crippen molar-refractivity contribution in [3.05, 3.63) is 78.4 Å². The molecule has 132 valence electrons. The van der Waals surface area contributed by atoms with Gasteiger partial charge in [0.2, 0.25) is 0 Å². The molecule has 1 N–H and O–H groups in total. The number of ether oxygens (including phenoxy) is 2. The summed E-state index contributed by atoms with van der Waals surface area (Å²) < 4.78 is 11.3. The fraction of sp³-hybridized carbons (Fsp3) is 0.273. The van der Waals surface area contributed by atoms with Crippen molar-refractivity contribution < 1.29 is 9.47 Å². The second kappa shape index (κ2) is 9.58. The highest BCUT2D eigenvalue weighted by molar-refractivity contribution is 5.54. The lowest BCUT2D eigenvalue weighted by molar-refractivity contribution is 0.323. The summed E-state index contributed by atoms with van der Waals surface area (Å²) in [6.45, 7) is 10.9. The molecule has 0 unspecified atom stereocenters. The maximum absolute atomic E-state index is 5.80. The van der Waals surface area contributed by atoms with Gasteiger partial charge in [-0.3, -0.25) is 0 Å². The van der Waals surface area contributed by atoms with E-state index in [1.807, 2.05) is 12.1 Å². The van der Waals surface area contributed by atoms with Crippen molar-refractivity contribution in [2.45, 2.75) is 26.3 Å². The van der Waals surface area contributed by atoms with E-state index < -0.39 is 0 Å². The van der Waals surface area contributed by atoms with Gasteiger partial charge in [-0.05, 0) is 42.2 Å². The van der Waals surface area contributed by atoms with Gasteiger partial charge in [-0.2, -0.15) is 0 Å². The van der Waals surface area contributed by atoms with Gasteiger partial charge in [0, 0.05) is 17.8 Å². The molecule has 0 fully saturated rings. The Morgan fingerprint density at radius 1 is 1.08 bits per heavy atom. The number of allylic oxidation sites excluding steroid dienone is 1. The Morgan fingerprint density at radius 2 is 1.88 bits per heavy atom. The van der Waals surface area contributed by atoms with Crippen molar-refractivity contribution in [2.75, 3.05) is 19.0 Å². The SMILES string of the molecule is C=CCOc1c(CC=C)cc(CNc2ccccc2CC)cc1OC. The van der Waals surface area contributed by atoms with Crippen LogP contribution < -0.4 is 14.8 Å². The van der Waals surface area contributed by atoms with Gasteiger partial charge in [-0.1, -0.05) is 43.9 Å². The zero-order valence-corrected chi connectivity index (χ0v) is 15.2. The molecular weight excluding hydrogens is 310 g/mol. The number of rotatable bonds is 10. The van der Waals surface area contributed by atoms with Gasteiger partial charge < -0.3 is 14.8 Å². The first kappa shape index (κ1) is 18.7. The van der Waals surface area contributed by atoms with E-state index in [-0.39, 0.29) is 0 Å². The predicted molar refractivity (Wildman–Crippen MR) is 106 cm³/mol. The van der Waals surface area contributed by atoms with Crippen LogP contribution in [0.5, 0.6) is 11.5 Å². The van der Waals surface area contributed by atoms with Gasteiger partial charge in [0.25, 0.3) is 0 Å². The summed E-state index contributed by atoms with van der Waals surface area (Å²) in [7, 11) is 1.66. The van der Waals surface area contributed by atoms with E-state index in [1.54, 1.807) is 13.2 Å². The van der Waals surface area contributed by atoms with Crippen molar-refractivity contribution in [1.29, 1.82) is 0 Å². The van der Waals surface area contributed by atoms with Crippen molar-refractivity contribution in [2.24, 2.45) is 0 Å². The average molecular weight is 337 g/mol. The fourth-order valence-corrected chi connectivity index (χ4v) is 2.79. The first-order valence-corrected chi connectivity index (χ1v) is 8.59. The summed E-state index contributed by atoms with van der Waals surface area (Å²) in [5.41, 5.74) is 4.69. The molecule has 0 aromatic heterocycles. The maximum Gasteiger partial charge on any atom is 0.165 e. The number of benzene rings is 2. The Labute approximate surface area is 151 Å². The van der Waals surface area contributed by atoms with Crippen molar-refractivity contribution >= 4 is 5.69 Å². The lowest BCUT2D eigenvalue weighted by Gasteiger charge is -2.17. The third-order valence-electron chi connectivity index (χ3n) is 4.00. The van der Waals surface area contributed by atoms with Gasteiger partial charge in [0.1, 0.15) is 6.61 Å². The summed E-state index contributed by atoms with van der Waals surface area (Å²) in [6.07, 6.45) is 5.33. The monoisotopic (exact) mass is 337 g/mol. The predicted octanol–water partition coefficient (Wildman–Crippen LogP) is 5.16. The summed E-state index contributed by atoms with van der Waals surface area (Å²) in [4.78, 5) is 0. The van der Waals surface area contributed by atoms with Crippen molar-refractivity contribution in [3.8, 4) is 11.5 Å². The number of aryl methyl sites for hydroxylation is 1. The van der Waals surface area contributed by atoms with Crippen molar-refractivity contribution in [1.82, 2.24) is 0 Å². The minimum absolute atomic E-state index is 0.446. The van der Waals surface area contributed by atoms with Crippen LogP contribution in [0.15, 0.2) is 61.7 Å². The summed E-state index contributed by atoms with van der Waals surface area (Å²) >= 11 is 0. The molecule has 0 atom stereocenters. The van der Waals surface area contributed by atoms with Crippen LogP contribution in [0.2, 0.25) is 0 Å². The Morgan fingerprint density at radius 3 is 2.56 bits per heavy atom. The Balaban J connectivity index is 2.26. The normalized spacial score (nSPS) is 10.2. The minimum Gasteiger partial charge on any atom is -0.493 e. The minimum atomic E-state index is 0.446. The maximum atomic E-state index is 5.80. The van der Waals surface area contributed by atoms with E-state index >= 15 is 0 Å². The molecule has 0 aliphatic heterocycles.